The molecule has 0 aliphatic carbocycles. The van der Waals surface area contributed by atoms with Gasteiger partial charge in [0.05, 0.1) is 30.5 Å². The molecule has 0 bridgehead atoms. The second kappa shape index (κ2) is 11.5. The molecule has 1 aromatic heterocycles. The Bertz CT molecular complexity index is 1180. The van der Waals surface area contributed by atoms with Crippen LogP contribution in [-0.2, 0) is 14.6 Å². The zero-order valence-electron chi connectivity index (χ0n) is 19.2. The molecule has 0 atom stereocenters. The molecule has 11 heteroatoms. The van der Waals surface area contributed by atoms with Crippen LogP contribution < -0.4 is 19.5 Å². The first-order chi connectivity index (χ1) is 16.4. The average Bonchev–Trinajstić information content (AvgIpc) is 3.29. The van der Waals surface area contributed by atoms with Crippen molar-refractivity contribution in [1.82, 2.24) is 10.2 Å². The van der Waals surface area contributed by atoms with Gasteiger partial charge in [0.25, 0.3) is 0 Å². The van der Waals surface area contributed by atoms with Crippen LogP contribution in [0.25, 0.3) is 11.5 Å². The minimum absolute atomic E-state index is 0.122. The molecular weight excluding hydrogens is 462 g/mol. The Morgan fingerprint density at radius 1 is 0.941 bits per heavy atom. The maximum absolute atomic E-state index is 12.4. The van der Waals surface area contributed by atoms with Gasteiger partial charge in [0.15, 0.2) is 21.3 Å². The monoisotopic (exact) mass is 489 g/mol. The molecule has 0 fully saturated rings. The van der Waals surface area contributed by atoms with E-state index in [0.717, 1.165) is 0 Å². The fourth-order valence-corrected chi connectivity index (χ4v) is 4.32. The summed E-state index contributed by atoms with van der Waals surface area (Å²) in [4.78, 5) is 12.4. The van der Waals surface area contributed by atoms with Gasteiger partial charge in [-0.1, -0.05) is 23.3 Å². The van der Waals surface area contributed by atoms with Gasteiger partial charge in [-0.3, -0.25) is 10.1 Å². The molecule has 3 aromatic rings. The van der Waals surface area contributed by atoms with Crippen molar-refractivity contribution in [3.8, 4) is 28.7 Å². The van der Waals surface area contributed by atoms with Crippen LogP contribution >= 0.6 is 0 Å². The summed E-state index contributed by atoms with van der Waals surface area (Å²) in [6.07, 6.45) is -0.263. The molecule has 10 nitrogen and oxygen atoms in total. The fraction of sp³-hybridized carbons (Fsp3) is 0.348. The van der Waals surface area contributed by atoms with Crippen molar-refractivity contribution < 1.29 is 31.8 Å². The van der Waals surface area contributed by atoms with Crippen LogP contribution in [0.1, 0.15) is 27.2 Å². The molecule has 1 amide bonds. The number of nitrogens with one attached hydrogen (secondary N) is 1. The van der Waals surface area contributed by atoms with E-state index >= 15 is 0 Å². The summed E-state index contributed by atoms with van der Waals surface area (Å²) in [5.41, 5.74) is 0.509. The van der Waals surface area contributed by atoms with Crippen LogP contribution in [0.3, 0.4) is 0 Å². The maximum Gasteiger partial charge on any atom is 0.322 e. The first kappa shape index (κ1) is 25.0. The Labute approximate surface area is 198 Å². The largest absolute Gasteiger partial charge is 0.490 e. The second-order valence-corrected chi connectivity index (χ2v) is 9.05. The summed E-state index contributed by atoms with van der Waals surface area (Å²) in [7, 11) is -3.58. The van der Waals surface area contributed by atoms with E-state index in [9.17, 15) is 13.2 Å². The molecule has 0 unspecified atom stereocenters. The van der Waals surface area contributed by atoms with E-state index in [1.54, 1.807) is 30.3 Å². The van der Waals surface area contributed by atoms with Gasteiger partial charge in [-0.2, -0.15) is 0 Å². The number of anilines is 1. The van der Waals surface area contributed by atoms with Crippen LogP contribution in [0.15, 0.2) is 51.8 Å². The Kier molecular flexibility index (Phi) is 8.47. The summed E-state index contributed by atoms with van der Waals surface area (Å²) >= 11 is 0. The Morgan fingerprint density at radius 2 is 1.56 bits per heavy atom. The normalized spacial score (nSPS) is 11.1. The predicted molar refractivity (Wildman–Crippen MR) is 125 cm³/mol. The summed E-state index contributed by atoms with van der Waals surface area (Å²) in [6.45, 7) is 6.80. The van der Waals surface area contributed by atoms with Crippen molar-refractivity contribution in [1.29, 1.82) is 0 Å². The van der Waals surface area contributed by atoms with Crippen molar-refractivity contribution >= 4 is 21.8 Å². The quantitative estimate of drug-likeness (QED) is 0.404. The van der Waals surface area contributed by atoms with E-state index in [1.807, 2.05) is 20.8 Å². The molecule has 3 rings (SSSR count). The average molecular weight is 490 g/mol. The lowest BCUT2D eigenvalue weighted by Gasteiger charge is -2.16. The molecule has 0 aliphatic rings. The molecule has 182 valence electrons. The third kappa shape index (κ3) is 6.25. The van der Waals surface area contributed by atoms with E-state index in [4.69, 9.17) is 18.6 Å². The maximum atomic E-state index is 12.4. The van der Waals surface area contributed by atoms with E-state index < -0.39 is 15.7 Å². The lowest BCUT2D eigenvalue weighted by molar-refractivity contribution is -0.115. The smallest absolute Gasteiger partial charge is 0.322 e. The van der Waals surface area contributed by atoms with Gasteiger partial charge in [0, 0.05) is 12.0 Å². The molecule has 1 N–H and O–H groups in total. The number of hydrogen-bond donors (Lipinski definition) is 1. The summed E-state index contributed by atoms with van der Waals surface area (Å²) < 4.78 is 47.3. The molecular formula is C23H27N3O7S. The van der Waals surface area contributed by atoms with Crippen LogP contribution in [0.2, 0.25) is 0 Å². The molecule has 0 radical (unpaired) electrons. The van der Waals surface area contributed by atoms with Gasteiger partial charge >= 0.3 is 6.01 Å². The number of carbonyl (C=O) groups excluding carboxylic acids is 1. The molecule has 0 spiro atoms. The van der Waals surface area contributed by atoms with Crippen molar-refractivity contribution in [2.45, 2.75) is 32.1 Å². The highest BCUT2D eigenvalue weighted by atomic mass is 32.2. The number of carbonyl (C=O) groups is 1. The van der Waals surface area contributed by atoms with Crippen molar-refractivity contribution in [2.75, 3.05) is 30.9 Å². The highest BCUT2D eigenvalue weighted by Gasteiger charge is 2.20. The lowest BCUT2D eigenvalue weighted by atomic mass is 10.2. The topological polar surface area (TPSA) is 130 Å². The third-order valence-electron chi connectivity index (χ3n) is 4.53. The van der Waals surface area contributed by atoms with Crippen LogP contribution in [0.4, 0.5) is 6.01 Å². The van der Waals surface area contributed by atoms with E-state index in [0.29, 0.717) is 42.6 Å². The number of benzene rings is 2. The first-order valence-corrected chi connectivity index (χ1v) is 12.5. The summed E-state index contributed by atoms with van der Waals surface area (Å²) in [6, 6.07) is 11.2. The van der Waals surface area contributed by atoms with Gasteiger partial charge in [0.2, 0.25) is 17.5 Å². The second-order valence-electron chi connectivity index (χ2n) is 6.94. The standard InChI is InChI=1S/C23H27N3O7S/c1-4-30-18-14-16(15-19(31-5-2)21(18)32-6-3)22-25-26-23(33-22)24-20(27)12-13-34(28,29)17-10-8-7-9-11-17/h7-11,14-15H,4-6,12-13H2,1-3H3,(H,24,26,27). The number of hydrogen-bond acceptors (Lipinski definition) is 9. The Morgan fingerprint density at radius 3 is 2.15 bits per heavy atom. The SMILES string of the molecule is CCOc1cc(-c2nnc(NC(=O)CCS(=O)(=O)c3ccccc3)o2)cc(OCC)c1OCC. The first-order valence-electron chi connectivity index (χ1n) is 10.9. The number of aromatic nitrogens is 2. The van der Waals surface area contributed by atoms with Gasteiger partial charge in [-0.15, -0.1) is 5.10 Å². The number of amides is 1. The predicted octanol–water partition coefficient (Wildman–Crippen LogP) is 3.74. The molecule has 34 heavy (non-hydrogen) atoms. The molecule has 0 aliphatic heterocycles. The number of nitrogens with zero attached hydrogens (tertiary/aromatic N) is 2. The molecule has 2 aromatic carbocycles. The van der Waals surface area contributed by atoms with Crippen molar-refractivity contribution in [3.63, 3.8) is 0 Å². The Hall–Kier alpha value is -3.60. The van der Waals surface area contributed by atoms with Crippen LogP contribution in [0, 0.1) is 0 Å². The van der Waals surface area contributed by atoms with Gasteiger partial charge in [0.1, 0.15) is 0 Å². The van der Waals surface area contributed by atoms with Gasteiger partial charge in [-0.25, -0.2) is 8.42 Å². The third-order valence-corrected chi connectivity index (χ3v) is 6.26. The zero-order valence-corrected chi connectivity index (χ0v) is 20.1. The molecule has 1 heterocycles. The minimum Gasteiger partial charge on any atom is -0.490 e. The van der Waals surface area contributed by atoms with Crippen molar-refractivity contribution in [2.24, 2.45) is 0 Å². The van der Waals surface area contributed by atoms with Gasteiger partial charge < -0.3 is 18.6 Å². The van der Waals surface area contributed by atoms with Gasteiger partial charge in [-0.05, 0) is 45.0 Å². The highest BCUT2D eigenvalue weighted by molar-refractivity contribution is 7.91. The lowest BCUT2D eigenvalue weighted by Crippen LogP contribution is -2.17. The number of sulfone groups is 1. The minimum atomic E-state index is -3.58. The van der Waals surface area contributed by atoms with Crippen molar-refractivity contribution in [3.05, 3.63) is 42.5 Å². The van der Waals surface area contributed by atoms with E-state index in [1.165, 1.54) is 12.1 Å². The van der Waals surface area contributed by atoms with E-state index in [2.05, 4.69) is 15.5 Å². The van der Waals surface area contributed by atoms with Crippen LogP contribution in [-0.4, -0.2) is 50.1 Å². The molecule has 0 saturated carbocycles. The zero-order chi connectivity index (χ0) is 24.6. The molecule has 0 saturated heterocycles. The number of rotatable bonds is 12. The fourth-order valence-electron chi connectivity index (χ4n) is 3.06. The van der Waals surface area contributed by atoms with E-state index in [-0.39, 0.29) is 29.0 Å². The Balaban J connectivity index is 1.73. The highest BCUT2D eigenvalue weighted by Crippen LogP contribution is 2.41. The summed E-state index contributed by atoms with van der Waals surface area (Å²) in [5.74, 6) is 0.602. The van der Waals surface area contributed by atoms with Crippen LogP contribution in [0.5, 0.6) is 17.2 Å². The number of ether oxygens (including phenoxy) is 3. The summed E-state index contributed by atoms with van der Waals surface area (Å²) in [5, 5.41) is 10.2.